The Balaban J connectivity index is 2.11. The highest BCUT2D eigenvalue weighted by Crippen LogP contribution is 2.35. The van der Waals surface area contributed by atoms with Gasteiger partial charge in [-0.05, 0) is 31.4 Å². The van der Waals surface area contributed by atoms with E-state index in [0.717, 1.165) is 36.1 Å². The van der Waals surface area contributed by atoms with Crippen molar-refractivity contribution in [2.24, 2.45) is 0 Å². The molecule has 21 heavy (non-hydrogen) atoms. The fraction of sp³-hybridized carbons (Fsp3) is 0.412. The van der Waals surface area contributed by atoms with Crippen molar-refractivity contribution in [1.82, 2.24) is 9.97 Å². The number of anilines is 1. The van der Waals surface area contributed by atoms with E-state index in [1.54, 1.807) is 0 Å². The number of nitrogens with zero attached hydrogens (tertiary/aromatic N) is 2. The first-order valence-corrected chi connectivity index (χ1v) is 8.64. The second-order valence-corrected chi connectivity index (χ2v) is 6.49. The molecule has 0 aliphatic carbocycles. The minimum Gasteiger partial charge on any atom is -0.370 e. The molecule has 1 aliphatic rings. The second-order valence-electron chi connectivity index (χ2n) is 5.51. The van der Waals surface area contributed by atoms with Gasteiger partial charge in [0.05, 0.1) is 5.69 Å². The van der Waals surface area contributed by atoms with Crippen molar-refractivity contribution in [3.63, 3.8) is 0 Å². The van der Waals surface area contributed by atoms with Crippen molar-refractivity contribution in [2.75, 3.05) is 11.9 Å². The molecule has 1 aromatic heterocycles. The van der Waals surface area contributed by atoms with Gasteiger partial charge >= 0.3 is 0 Å². The number of hydrogen-bond acceptors (Lipinski definition) is 4. The standard InChI is InChI=1S/C17H21N3S/c1-4-8-18-16-13-9-21-10-14(13)19-17(20-16)15-11(2)6-5-7-12(15)3/h5-7H,4,8-10H2,1-3H3,(H,18,19,20). The lowest BCUT2D eigenvalue weighted by atomic mass is 10.0. The summed E-state index contributed by atoms with van der Waals surface area (Å²) < 4.78 is 0. The third kappa shape index (κ3) is 2.77. The highest BCUT2D eigenvalue weighted by Gasteiger charge is 2.21. The summed E-state index contributed by atoms with van der Waals surface area (Å²) in [4.78, 5) is 9.68. The van der Waals surface area contributed by atoms with Gasteiger partial charge in [-0.1, -0.05) is 25.1 Å². The Kier molecular flexibility index (Phi) is 4.15. The normalized spacial score (nSPS) is 13.3. The average molecular weight is 299 g/mol. The van der Waals surface area contributed by atoms with Crippen molar-refractivity contribution < 1.29 is 0 Å². The van der Waals surface area contributed by atoms with Gasteiger partial charge in [0.15, 0.2) is 5.82 Å². The van der Waals surface area contributed by atoms with Gasteiger partial charge in [0.25, 0.3) is 0 Å². The molecule has 0 saturated carbocycles. The highest BCUT2D eigenvalue weighted by molar-refractivity contribution is 7.98. The Hall–Kier alpha value is -1.55. The summed E-state index contributed by atoms with van der Waals surface area (Å²) >= 11 is 1.92. The zero-order chi connectivity index (χ0) is 14.8. The minimum atomic E-state index is 0.866. The van der Waals surface area contributed by atoms with E-state index < -0.39 is 0 Å². The van der Waals surface area contributed by atoms with Crippen molar-refractivity contribution in [2.45, 2.75) is 38.7 Å². The van der Waals surface area contributed by atoms with Crippen LogP contribution in [0.5, 0.6) is 0 Å². The van der Waals surface area contributed by atoms with Gasteiger partial charge < -0.3 is 5.32 Å². The lowest BCUT2D eigenvalue weighted by Gasteiger charge is -2.14. The van der Waals surface area contributed by atoms with Crippen LogP contribution in [-0.4, -0.2) is 16.5 Å². The quantitative estimate of drug-likeness (QED) is 0.912. The van der Waals surface area contributed by atoms with Gasteiger partial charge in [0.2, 0.25) is 0 Å². The molecular weight excluding hydrogens is 278 g/mol. The van der Waals surface area contributed by atoms with Gasteiger partial charge in [-0.2, -0.15) is 11.8 Å². The van der Waals surface area contributed by atoms with Gasteiger partial charge in [-0.25, -0.2) is 9.97 Å². The minimum absolute atomic E-state index is 0.866. The maximum absolute atomic E-state index is 4.84. The summed E-state index contributed by atoms with van der Waals surface area (Å²) in [5.41, 5.74) is 6.15. The van der Waals surface area contributed by atoms with Gasteiger partial charge in [0, 0.05) is 29.2 Å². The lowest BCUT2D eigenvalue weighted by Crippen LogP contribution is -2.08. The first-order chi connectivity index (χ1) is 10.2. The van der Waals surface area contributed by atoms with E-state index in [-0.39, 0.29) is 0 Å². The number of thioether (sulfide) groups is 1. The molecule has 3 rings (SSSR count). The number of hydrogen-bond donors (Lipinski definition) is 1. The lowest BCUT2D eigenvalue weighted by molar-refractivity contribution is 0.954. The Morgan fingerprint density at radius 3 is 2.62 bits per heavy atom. The monoisotopic (exact) mass is 299 g/mol. The predicted octanol–water partition coefficient (Wildman–Crippen LogP) is 4.33. The van der Waals surface area contributed by atoms with Crippen LogP contribution >= 0.6 is 11.8 Å². The van der Waals surface area contributed by atoms with E-state index in [1.165, 1.54) is 27.9 Å². The molecule has 0 amide bonds. The van der Waals surface area contributed by atoms with Gasteiger partial charge in [0.1, 0.15) is 5.82 Å². The van der Waals surface area contributed by atoms with Crippen LogP contribution in [-0.2, 0) is 11.5 Å². The fourth-order valence-corrected chi connectivity index (χ4v) is 3.76. The van der Waals surface area contributed by atoms with Crippen LogP contribution in [0.2, 0.25) is 0 Å². The molecule has 0 radical (unpaired) electrons. The highest BCUT2D eigenvalue weighted by atomic mass is 32.2. The SMILES string of the molecule is CCCNc1nc(-c2c(C)cccc2C)nc2c1CSC2. The molecule has 0 bridgehead atoms. The summed E-state index contributed by atoms with van der Waals surface area (Å²) in [6.45, 7) is 7.40. The summed E-state index contributed by atoms with van der Waals surface area (Å²) in [6.07, 6.45) is 1.10. The number of benzene rings is 1. The second kappa shape index (κ2) is 6.06. The van der Waals surface area contributed by atoms with Gasteiger partial charge in [-0.3, -0.25) is 0 Å². The summed E-state index contributed by atoms with van der Waals surface area (Å²) in [7, 11) is 0. The van der Waals surface area contributed by atoms with Crippen LogP contribution in [0.25, 0.3) is 11.4 Å². The van der Waals surface area contributed by atoms with Crippen LogP contribution < -0.4 is 5.32 Å². The summed E-state index contributed by atoms with van der Waals surface area (Å²) in [6, 6.07) is 6.35. The number of fused-ring (bicyclic) bond motifs is 1. The average Bonchev–Trinajstić information content (AvgIpc) is 2.93. The number of aromatic nitrogens is 2. The van der Waals surface area contributed by atoms with E-state index in [0.29, 0.717) is 0 Å². The fourth-order valence-electron chi connectivity index (χ4n) is 2.72. The molecule has 2 aromatic rings. The van der Waals surface area contributed by atoms with Gasteiger partial charge in [-0.15, -0.1) is 0 Å². The molecule has 4 heteroatoms. The molecule has 2 heterocycles. The van der Waals surface area contributed by atoms with Crippen LogP contribution in [0.3, 0.4) is 0 Å². The Labute approximate surface area is 130 Å². The maximum Gasteiger partial charge on any atom is 0.162 e. The molecular formula is C17H21N3S. The van der Waals surface area contributed by atoms with Crippen molar-refractivity contribution in [1.29, 1.82) is 0 Å². The third-order valence-corrected chi connectivity index (χ3v) is 4.80. The molecule has 0 saturated heterocycles. The molecule has 3 nitrogen and oxygen atoms in total. The maximum atomic E-state index is 4.84. The number of rotatable bonds is 4. The van der Waals surface area contributed by atoms with E-state index in [1.807, 2.05) is 11.8 Å². The summed E-state index contributed by atoms with van der Waals surface area (Å²) in [5.74, 6) is 3.92. The molecule has 0 unspecified atom stereocenters. The zero-order valence-corrected chi connectivity index (χ0v) is 13.7. The van der Waals surface area contributed by atoms with Crippen LogP contribution in [0.1, 0.15) is 35.7 Å². The third-order valence-electron chi connectivity index (χ3n) is 3.83. The molecule has 110 valence electrons. The Morgan fingerprint density at radius 1 is 1.14 bits per heavy atom. The van der Waals surface area contributed by atoms with Crippen LogP contribution in [0.4, 0.5) is 5.82 Å². The smallest absolute Gasteiger partial charge is 0.162 e. The van der Waals surface area contributed by atoms with E-state index in [9.17, 15) is 0 Å². The van der Waals surface area contributed by atoms with Crippen LogP contribution in [0, 0.1) is 13.8 Å². The topological polar surface area (TPSA) is 37.8 Å². The molecule has 1 N–H and O–H groups in total. The zero-order valence-electron chi connectivity index (χ0n) is 12.9. The van der Waals surface area contributed by atoms with Crippen molar-refractivity contribution >= 4 is 17.6 Å². The predicted molar refractivity (Wildman–Crippen MR) is 90.7 cm³/mol. The van der Waals surface area contributed by atoms with E-state index >= 15 is 0 Å². The molecule has 0 spiro atoms. The largest absolute Gasteiger partial charge is 0.370 e. The van der Waals surface area contributed by atoms with E-state index in [4.69, 9.17) is 9.97 Å². The van der Waals surface area contributed by atoms with Crippen LogP contribution in [0.15, 0.2) is 18.2 Å². The van der Waals surface area contributed by atoms with Crippen molar-refractivity contribution in [3.05, 3.63) is 40.6 Å². The molecule has 0 atom stereocenters. The summed E-state index contributed by atoms with van der Waals surface area (Å²) in [5, 5.41) is 3.48. The Morgan fingerprint density at radius 2 is 1.90 bits per heavy atom. The Bertz CT molecular complexity index is 647. The van der Waals surface area contributed by atoms with Crippen molar-refractivity contribution in [3.8, 4) is 11.4 Å². The first kappa shape index (κ1) is 14.4. The number of nitrogens with one attached hydrogen (secondary N) is 1. The number of aryl methyl sites for hydroxylation is 2. The molecule has 0 fully saturated rings. The molecule has 1 aromatic carbocycles. The van der Waals surface area contributed by atoms with E-state index in [2.05, 4.69) is 44.3 Å². The molecule has 1 aliphatic heterocycles. The first-order valence-electron chi connectivity index (χ1n) is 7.48.